The van der Waals surface area contributed by atoms with Crippen LogP contribution >= 0.6 is 0 Å². The molecule has 1 fully saturated rings. The number of aliphatic hydroxyl groups excluding tert-OH is 1. The molecule has 31 heavy (non-hydrogen) atoms. The molecular formula is C24H29N5O2. The smallest absolute Gasteiger partial charge is 0.157 e. The molecule has 0 radical (unpaired) electrons. The number of hydrogen-bond acceptors (Lipinski definition) is 6. The lowest BCUT2D eigenvalue weighted by Crippen LogP contribution is -2.50. The van der Waals surface area contributed by atoms with Crippen molar-refractivity contribution in [3.8, 4) is 6.07 Å². The van der Waals surface area contributed by atoms with Crippen molar-refractivity contribution < 1.29 is 9.84 Å². The van der Waals surface area contributed by atoms with Crippen LogP contribution in [-0.2, 0) is 17.6 Å². The molecule has 1 saturated heterocycles. The van der Waals surface area contributed by atoms with Crippen LogP contribution in [0.15, 0.2) is 24.3 Å². The molecule has 3 aromatic rings. The summed E-state index contributed by atoms with van der Waals surface area (Å²) < 4.78 is 7.31. The summed E-state index contributed by atoms with van der Waals surface area (Å²) in [5.74, 6) is 1.22. The Kier molecular flexibility index (Phi) is 5.53. The predicted molar refractivity (Wildman–Crippen MR) is 121 cm³/mol. The van der Waals surface area contributed by atoms with E-state index in [0.29, 0.717) is 13.2 Å². The molecule has 0 bridgehead atoms. The highest BCUT2D eigenvalue weighted by atomic mass is 16.5. The summed E-state index contributed by atoms with van der Waals surface area (Å²) in [5, 5.41) is 20.1. The average Bonchev–Trinajstić information content (AvgIpc) is 3.17. The van der Waals surface area contributed by atoms with Gasteiger partial charge in [-0.25, -0.2) is 4.98 Å². The molecule has 1 aromatic carbocycles. The molecule has 1 aliphatic carbocycles. The van der Waals surface area contributed by atoms with Crippen molar-refractivity contribution in [3.05, 3.63) is 41.0 Å². The number of aliphatic hydroxyl groups is 1. The van der Waals surface area contributed by atoms with Gasteiger partial charge in [-0.3, -0.25) is 9.30 Å². The number of pyridine rings is 1. The molecule has 3 heterocycles. The number of aromatic nitrogens is 2. The maximum absolute atomic E-state index is 10.1. The van der Waals surface area contributed by atoms with Crippen molar-refractivity contribution in [3.63, 3.8) is 0 Å². The number of para-hydroxylation sites is 2. The molecular weight excluding hydrogens is 390 g/mol. The number of benzene rings is 1. The Balaban J connectivity index is 1.58. The zero-order valence-corrected chi connectivity index (χ0v) is 18.0. The Morgan fingerprint density at radius 3 is 2.61 bits per heavy atom. The lowest BCUT2D eigenvalue weighted by molar-refractivity contribution is 0.0365. The second-order valence-corrected chi connectivity index (χ2v) is 8.63. The number of β-amino-alcohol motifs (C(OH)–C–C–N with tert-alkyl or cyclic N) is 1. The summed E-state index contributed by atoms with van der Waals surface area (Å²) in [6, 6.07) is 10.7. The zero-order chi connectivity index (χ0) is 21.4. The highest BCUT2D eigenvalue weighted by molar-refractivity contribution is 5.86. The summed E-state index contributed by atoms with van der Waals surface area (Å²) in [6.45, 7) is 4.56. The topological polar surface area (TPSA) is 77.0 Å². The molecule has 0 unspecified atom stereocenters. The third-order valence-corrected chi connectivity index (χ3v) is 6.65. The maximum Gasteiger partial charge on any atom is 0.157 e. The minimum Gasteiger partial charge on any atom is -0.389 e. The van der Waals surface area contributed by atoms with Crippen LogP contribution < -0.4 is 4.90 Å². The molecule has 0 spiro atoms. The molecule has 7 heteroatoms. The number of fused-ring (bicyclic) bond motifs is 4. The SMILES string of the molecule is COC[C@H](O)CN1CCN(c2c3c(c(C#N)c4nc5ccccc5n24)CCCC3)CC1. The van der Waals surface area contributed by atoms with Crippen molar-refractivity contribution in [2.45, 2.75) is 31.8 Å². The highest BCUT2D eigenvalue weighted by Gasteiger charge is 2.29. The van der Waals surface area contributed by atoms with Crippen LogP contribution in [0.2, 0.25) is 0 Å². The summed E-state index contributed by atoms with van der Waals surface area (Å²) in [7, 11) is 1.62. The molecule has 2 aromatic heterocycles. The van der Waals surface area contributed by atoms with Gasteiger partial charge in [-0.2, -0.15) is 5.26 Å². The van der Waals surface area contributed by atoms with Crippen LogP contribution in [0.1, 0.15) is 29.5 Å². The summed E-state index contributed by atoms with van der Waals surface area (Å²) in [4.78, 5) is 9.65. The van der Waals surface area contributed by atoms with E-state index in [1.807, 2.05) is 18.2 Å². The van der Waals surface area contributed by atoms with Crippen molar-refractivity contribution in [2.24, 2.45) is 0 Å². The average molecular weight is 420 g/mol. The van der Waals surface area contributed by atoms with Gasteiger partial charge in [-0.15, -0.1) is 0 Å². The lowest BCUT2D eigenvalue weighted by Gasteiger charge is -2.39. The number of methoxy groups -OCH3 is 1. The first kappa shape index (κ1) is 20.3. The van der Waals surface area contributed by atoms with Gasteiger partial charge in [0.05, 0.1) is 29.3 Å². The zero-order valence-electron chi connectivity index (χ0n) is 18.0. The number of imidazole rings is 1. The first-order chi connectivity index (χ1) is 15.2. The van der Waals surface area contributed by atoms with Crippen LogP contribution in [0.25, 0.3) is 16.7 Å². The Labute approximate surface area is 182 Å². The van der Waals surface area contributed by atoms with E-state index < -0.39 is 6.10 Å². The first-order valence-electron chi connectivity index (χ1n) is 11.2. The predicted octanol–water partition coefficient (Wildman–Crippen LogP) is 2.37. The quantitative estimate of drug-likeness (QED) is 0.684. The van der Waals surface area contributed by atoms with E-state index in [-0.39, 0.29) is 0 Å². The molecule has 0 saturated carbocycles. The molecule has 1 N–H and O–H groups in total. The van der Waals surface area contributed by atoms with Crippen molar-refractivity contribution >= 4 is 22.5 Å². The fourth-order valence-corrected chi connectivity index (χ4v) is 5.24. The normalized spacial score (nSPS) is 18.3. The van der Waals surface area contributed by atoms with Gasteiger partial charge in [-0.05, 0) is 48.9 Å². The van der Waals surface area contributed by atoms with E-state index in [1.54, 1.807) is 7.11 Å². The lowest BCUT2D eigenvalue weighted by atomic mass is 9.88. The molecule has 7 nitrogen and oxygen atoms in total. The third-order valence-electron chi connectivity index (χ3n) is 6.65. The number of nitriles is 1. The first-order valence-corrected chi connectivity index (χ1v) is 11.2. The van der Waals surface area contributed by atoms with Crippen LogP contribution in [0.3, 0.4) is 0 Å². The summed E-state index contributed by atoms with van der Waals surface area (Å²) in [5.41, 5.74) is 6.06. The second kappa shape index (κ2) is 8.46. The largest absolute Gasteiger partial charge is 0.389 e. The van der Waals surface area contributed by atoms with Crippen LogP contribution in [-0.4, -0.2) is 71.9 Å². The van der Waals surface area contributed by atoms with Crippen LogP contribution in [0.5, 0.6) is 0 Å². The van der Waals surface area contributed by atoms with E-state index >= 15 is 0 Å². The summed E-state index contributed by atoms with van der Waals surface area (Å²) >= 11 is 0. The van der Waals surface area contributed by atoms with E-state index in [1.165, 1.54) is 16.9 Å². The standard InChI is InChI=1S/C24H29N5O2/c1-31-16-17(30)15-27-10-12-28(13-11-27)24-19-7-3-2-6-18(19)20(14-25)23-26-21-8-4-5-9-22(21)29(23)24/h4-5,8-9,17,30H,2-3,6-7,10-13,15-16H2,1H3/t17-/m1/s1. The number of rotatable bonds is 5. The Bertz CT molecular complexity index is 1140. The second-order valence-electron chi connectivity index (χ2n) is 8.63. The number of nitrogens with zero attached hydrogens (tertiary/aromatic N) is 5. The fraction of sp³-hybridized carbons (Fsp3) is 0.500. The Morgan fingerprint density at radius 2 is 1.87 bits per heavy atom. The van der Waals surface area contributed by atoms with Gasteiger partial charge in [-0.1, -0.05) is 12.1 Å². The van der Waals surface area contributed by atoms with Gasteiger partial charge >= 0.3 is 0 Å². The molecule has 5 rings (SSSR count). The van der Waals surface area contributed by atoms with E-state index in [9.17, 15) is 10.4 Å². The maximum atomic E-state index is 10.1. The molecule has 162 valence electrons. The fourth-order valence-electron chi connectivity index (χ4n) is 5.24. The van der Waals surface area contributed by atoms with Gasteiger partial charge in [0.2, 0.25) is 0 Å². The summed E-state index contributed by atoms with van der Waals surface area (Å²) in [6.07, 6.45) is 3.79. The molecule has 1 atom stereocenters. The van der Waals surface area contributed by atoms with Crippen molar-refractivity contribution in [2.75, 3.05) is 51.3 Å². The monoisotopic (exact) mass is 419 g/mol. The Hall–Kier alpha value is -2.66. The number of piperazine rings is 1. The number of anilines is 1. The number of hydrogen-bond donors (Lipinski definition) is 1. The van der Waals surface area contributed by atoms with Gasteiger partial charge in [0.25, 0.3) is 0 Å². The van der Waals surface area contributed by atoms with Gasteiger partial charge in [0.15, 0.2) is 5.65 Å². The Morgan fingerprint density at radius 1 is 1.13 bits per heavy atom. The van der Waals surface area contributed by atoms with Crippen molar-refractivity contribution in [1.82, 2.24) is 14.3 Å². The van der Waals surface area contributed by atoms with Crippen LogP contribution in [0.4, 0.5) is 5.82 Å². The minimum atomic E-state index is -0.455. The number of ether oxygens (including phenoxy) is 1. The van der Waals surface area contributed by atoms with Gasteiger partial charge in [0, 0.05) is 39.8 Å². The van der Waals surface area contributed by atoms with Gasteiger partial charge in [0.1, 0.15) is 11.9 Å². The van der Waals surface area contributed by atoms with E-state index in [4.69, 9.17) is 9.72 Å². The molecule has 1 aliphatic heterocycles. The molecule has 0 amide bonds. The van der Waals surface area contributed by atoms with E-state index in [0.717, 1.165) is 74.1 Å². The van der Waals surface area contributed by atoms with Gasteiger partial charge < -0.3 is 14.7 Å². The molecule has 2 aliphatic rings. The highest BCUT2D eigenvalue weighted by Crippen LogP contribution is 2.37. The van der Waals surface area contributed by atoms with E-state index in [2.05, 4.69) is 26.3 Å². The third kappa shape index (κ3) is 3.55. The van der Waals surface area contributed by atoms with Crippen LogP contribution in [0, 0.1) is 11.3 Å². The van der Waals surface area contributed by atoms with Crippen molar-refractivity contribution in [1.29, 1.82) is 5.26 Å². The minimum absolute atomic E-state index is 0.366.